The van der Waals surface area contributed by atoms with E-state index < -0.39 is 0 Å². The summed E-state index contributed by atoms with van der Waals surface area (Å²) < 4.78 is 0. The normalized spacial score (nSPS) is 10.9. The zero-order chi connectivity index (χ0) is 18.0. The molecule has 7 heteroatoms. The molecular weight excluding hydrogens is 334 g/mol. The Morgan fingerprint density at radius 1 is 1.20 bits per heavy atom. The second-order valence-corrected chi connectivity index (χ2v) is 6.67. The first-order valence-electron chi connectivity index (χ1n) is 8.30. The third-order valence-electron chi connectivity index (χ3n) is 4.06. The van der Waals surface area contributed by atoms with Crippen molar-refractivity contribution >= 4 is 39.1 Å². The summed E-state index contributed by atoms with van der Waals surface area (Å²) in [6.45, 7) is 9.75. The lowest BCUT2D eigenvalue weighted by molar-refractivity contribution is 0.102. The SMILES string of the molecule is CCN(CC)c1nc(C)nc2sc(C(=O)Nc3ccccn3)c(C)c12. The van der Waals surface area contributed by atoms with Gasteiger partial charge in [-0.25, -0.2) is 15.0 Å². The van der Waals surface area contributed by atoms with Crippen molar-refractivity contribution in [1.29, 1.82) is 0 Å². The zero-order valence-electron chi connectivity index (χ0n) is 14.8. The second kappa shape index (κ2) is 7.14. The van der Waals surface area contributed by atoms with E-state index in [4.69, 9.17) is 0 Å². The molecule has 1 amide bonds. The van der Waals surface area contributed by atoms with Crippen molar-refractivity contribution in [3.8, 4) is 0 Å². The number of thiophene rings is 1. The summed E-state index contributed by atoms with van der Waals surface area (Å²) in [5.41, 5.74) is 0.912. The first-order chi connectivity index (χ1) is 12.0. The average molecular weight is 355 g/mol. The van der Waals surface area contributed by atoms with Crippen LogP contribution in [0.4, 0.5) is 11.6 Å². The lowest BCUT2D eigenvalue weighted by atomic mass is 10.2. The highest BCUT2D eigenvalue weighted by Crippen LogP contribution is 2.35. The van der Waals surface area contributed by atoms with E-state index in [9.17, 15) is 4.79 Å². The van der Waals surface area contributed by atoms with Crippen molar-refractivity contribution < 1.29 is 4.79 Å². The van der Waals surface area contributed by atoms with Crippen molar-refractivity contribution in [3.63, 3.8) is 0 Å². The number of nitrogens with zero attached hydrogens (tertiary/aromatic N) is 4. The summed E-state index contributed by atoms with van der Waals surface area (Å²) in [7, 11) is 0. The largest absolute Gasteiger partial charge is 0.357 e. The monoisotopic (exact) mass is 355 g/mol. The highest BCUT2D eigenvalue weighted by atomic mass is 32.1. The number of hydrogen-bond acceptors (Lipinski definition) is 6. The van der Waals surface area contributed by atoms with Crippen molar-refractivity contribution in [3.05, 3.63) is 40.7 Å². The molecule has 130 valence electrons. The molecule has 3 aromatic rings. The number of anilines is 2. The number of amides is 1. The van der Waals surface area contributed by atoms with E-state index in [1.807, 2.05) is 26.0 Å². The highest BCUT2D eigenvalue weighted by Gasteiger charge is 2.22. The number of fused-ring (bicyclic) bond motifs is 1. The Balaban J connectivity index is 2.07. The zero-order valence-corrected chi connectivity index (χ0v) is 15.6. The van der Waals surface area contributed by atoms with Gasteiger partial charge in [-0.1, -0.05) is 6.07 Å². The third-order valence-corrected chi connectivity index (χ3v) is 5.24. The Kier molecular flexibility index (Phi) is 4.94. The predicted molar refractivity (Wildman–Crippen MR) is 103 cm³/mol. The molecule has 0 fully saturated rings. The van der Waals surface area contributed by atoms with Gasteiger partial charge in [0.05, 0.1) is 10.3 Å². The Labute approximate surface area is 150 Å². The number of carbonyl (C=O) groups excluding carboxylic acids is 1. The molecule has 0 saturated carbocycles. The van der Waals surface area contributed by atoms with E-state index in [0.29, 0.717) is 16.5 Å². The molecule has 0 aliphatic heterocycles. The summed E-state index contributed by atoms with van der Waals surface area (Å²) in [5.74, 6) is 1.99. The molecule has 0 aliphatic rings. The molecule has 0 radical (unpaired) electrons. The quantitative estimate of drug-likeness (QED) is 0.754. The third kappa shape index (κ3) is 3.32. The summed E-state index contributed by atoms with van der Waals surface area (Å²) in [6.07, 6.45) is 1.65. The summed E-state index contributed by atoms with van der Waals surface area (Å²) in [5, 5.41) is 3.81. The average Bonchev–Trinajstić information content (AvgIpc) is 2.93. The van der Waals surface area contributed by atoms with Gasteiger partial charge in [-0.2, -0.15) is 0 Å². The van der Waals surface area contributed by atoms with Gasteiger partial charge in [0, 0.05) is 19.3 Å². The lowest BCUT2D eigenvalue weighted by Crippen LogP contribution is -2.23. The van der Waals surface area contributed by atoms with Gasteiger partial charge in [-0.3, -0.25) is 4.79 Å². The van der Waals surface area contributed by atoms with Crippen LogP contribution in [0.15, 0.2) is 24.4 Å². The van der Waals surface area contributed by atoms with Gasteiger partial charge < -0.3 is 10.2 Å². The van der Waals surface area contributed by atoms with Gasteiger partial charge in [0.15, 0.2) is 0 Å². The van der Waals surface area contributed by atoms with Crippen LogP contribution >= 0.6 is 11.3 Å². The van der Waals surface area contributed by atoms with Crippen LogP contribution in [0, 0.1) is 13.8 Å². The minimum atomic E-state index is -0.164. The fraction of sp³-hybridized carbons (Fsp3) is 0.333. The van der Waals surface area contributed by atoms with Crippen LogP contribution in [0.3, 0.4) is 0 Å². The fourth-order valence-electron chi connectivity index (χ4n) is 2.80. The number of aryl methyl sites for hydroxylation is 2. The van der Waals surface area contributed by atoms with Crippen LogP contribution in [0.2, 0.25) is 0 Å². The van der Waals surface area contributed by atoms with Crippen LogP contribution < -0.4 is 10.2 Å². The minimum Gasteiger partial charge on any atom is -0.357 e. The number of nitrogens with one attached hydrogen (secondary N) is 1. The van der Waals surface area contributed by atoms with Crippen molar-refractivity contribution in [1.82, 2.24) is 15.0 Å². The van der Waals surface area contributed by atoms with Crippen molar-refractivity contribution in [2.24, 2.45) is 0 Å². The predicted octanol–water partition coefficient (Wildman–Crippen LogP) is 3.80. The molecule has 0 atom stereocenters. The van der Waals surface area contributed by atoms with Crippen LogP contribution in [0.1, 0.15) is 34.9 Å². The van der Waals surface area contributed by atoms with Gasteiger partial charge in [-0.15, -0.1) is 11.3 Å². The maximum Gasteiger partial charge on any atom is 0.267 e. The molecule has 0 saturated heterocycles. The molecule has 3 rings (SSSR count). The fourth-order valence-corrected chi connectivity index (χ4v) is 3.92. The van der Waals surface area contributed by atoms with Crippen LogP contribution in [-0.2, 0) is 0 Å². The number of rotatable bonds is 5. The molecule has 0 unspecified atom stereocenters. The molecule has 25 heavy (non-hydrogen) atoms. The molecule has 0 aliphatic carbocycles. The molecule has 0 bridgehead atoms. The topological polar surface area (TPSA) is 71.0 Å². The van der Waals surface area contributed by atoms with Gasteiger partial charge >= 0.3 is 0 Å². The van der Waals surface area contributed by atoms with E-state index >= 15 is 0 Å². The Bertz CT molecular complexity index is 903. The van der Waals surface area contributed by atoms with Gasteiger partial charge in [0.1, 0.15) is 22.3 Å². The Morgan fingerprint density at radius 3 is 2.60 bits per heavy atom. The lowest BCUT2D eigenvalue weighted by Gasteiger charge is -2.21. The first kappa shape index (κ1) is 17.3. The number of pyridine rings is 1. The minimum absolute atomic E-state index is 0.164. The second-order valence-electron chi connectivity index (χ2n) is 5.67. The van der Waals surface area contributed by atoms with E-state index in [0.717, 1.165) is 34.7 Å². The molecule has 3 heterocycles. The molecule has 0 spiro atoms. The van der Waals surface area contributed by atoms with Crippen LogP contribution in [0.25, 0.3) is 10.2 Å². The van der Waals surface area contributed by atoms with E-state index in [-0.39, 0.29) is 5.91 Å². The van der Waals surface area contributed by atoms with Gasteiger partial charge in [0.2, 0.25) is 0 Å². The van der Waals surface area contributed by atoms with E-state index in [1.165, 1.54) is 11.3 Å². The summed E-state index contributed by atoms with van der Waals surface area (Å²) in [4.78, 5) is 29.7. The smallest absolute Gasteiger partial charge is 0.267 e. The van der Waals surface area contributed by atoms with Gasteiger partial charge in [0.25, 0.3) is 5.91 Å². The van der Waals surface area contributed by atoms with E-state index in [2.05, 4.69) is 39.0 Å². The molecule has 3 aromatic heterocycles. The van der Waals surface area contributed by atoms with Crippen LogP contribution in [0.5, 0.6) is 0 Å². The standard InChI is InChI=1S/C18H21N5OS/c1-5-23(6-2)16-14-11(3)15(25-18(14)21-12(4)20-16)17(24)22-13-9-7-8-10-19-13/h7-10H,5-6H2,1-4H3,(H,19,22,24). The van der Waals surface area contributed by atoms with Crippen molar-refractivity contribution in [2.75, 3.05) is 23.3 Å². The number of carbonyl (C=O) groups is 1. The highest BCUT2D eigenvalue weighted by molar-refractivity contribution is 7.20. The maximum absolute atomic E-state index is 12.7. The Hall–Kier alpha value is -2.54. The molecule has 1 N–H and O–H groups in total. The molecule has 0 aromatic carbocycles. The number of aromatic nitrogens is 3. The summed E-state index contributed by atoms with van der Waals surface area (Å²) in [6, 6.07) is 5.43. The molecular formula is C18H21N5OS. The molecule has 6 nitrogen and oxygen atoms in total. The number of hydrogen-bond donors (Lipinski definition) is 1. The van der Waals surface area contributed by atoms with Gasteiger partial charge in [-0.05, 0) is 45.4 Å². The maximum atomic E-state index is 12.7. The van der Waals surface area contributed by atoms with Crippen LogP contribution in [-0.4, -0.2) is 33.9 Å². The summed E-state index contributed by atoms with van der Waals surface area (Å²) >= 11 is 1.40. The Morgan fingerprint density at radius 2 is 1.96 bits per heavy atom. The van der Waals surface area contributed by atoms with E-state index in [1.54, 1.807) is 12.3 Å². The first-order valence-corrected chi connectivity index (χ1v) is 9.11. The van der Waals surface area contributed by atoms with Crippen molar-refractivity contribution in [2.45, 2.75) is 27.7 Å².